The van der Waals surface area contributed by atoms with Crippen LogP contribution in [0.15, 0.2) is 0 Å². The van der Waals surface area contributed by atoms with Crippen LogP contribution in [0.25, 0.3) is 0 Å². The average molecular weight is 199 g/mol. The second kappa shape index (κ2) is 5.10. The van der Waals surface area contributed by atoms with E-state index in [1.807, 2.05) is 6.92 Å². The molecule has 1 rings (SSSR count). The predicted molar refractivity (Wildman–Crippen MR) is 51.8 cm³/mol. The summed E-state index contributed by atoms with van der Waals surface area (Å²) in [6.45, 7) is 2.60. The van der Waals surface area contributed by atoms with Gasteiger partial charge in [0.15, 0.2) is 0 Å². The predicted octanol–water partition coefficient (Wildman–Crippen LogP) is 0.457. The average Bonchev–Trinajstić information content (AvgIpc) is 2.66. The molecule has 0 unspecified atom stereocenters. The van der Waals surface area contributed by atoms with E-state index in [1.54, 1.807) is 12.0 Å². The molecule has 1 amide bonds. The first-order valence-electron chi connectivity index (χ1n) is 4.93. The van der Waals surface area contributed by atoms with E-state index < -0.39 is 0 Å². The van der Waals surface area contributed by atoms with Crippen molar-refractivity contribution in [2.45, 2.75) is 31.9 Å². The Morgan fingerprint density at radius 1 is 1.50 bits per heavy atom. The van der Waals surface area contributed by atoms with Gasteiger partial charge in [0.05, 0.1) is 12.1 Å². The van der Waals surface area contributed by atoms with E-state index in [0.717, 1.165) is 32.1 Å². The highest BCUT2D eigenvalue weighted by molar-refractivity contribution is 5.55. The fraction of sp³-hybridized carbons (Fsp3) is 0.800. The standard InChI is InChI=1S/C10H17NO3/c1-8(6-12)10(14-2)9-4-3-5-11(9)7-13/h6-10H,3-5H2,1-2H3/t8-,9-,10+/m0/s1. The van der Waals surface area contributed by atoms with Crippen LogP contribution in [0.1, 0.15) is 19.8 Å². The van der Waals surface area contributed by atoms with Crippen molar-refractivity contribution < 1.29 is 14.3 Å². The van der Waals surface area contributed by atoms with Crippen molar-refractivity contribution >= 4 is 12.7 Å². The summed E-state index contributed by atoms with van der Waals surface area (Å²) in [6.07, 6.45) is 3.49. The lowest BCUT2D eigenvalue weighted by atomic mass is 9.97. The molecule has 14 heavy (non-hydrogen) atoms. The number of carbonyl (C=O) groups is 2. The third kappa shape index (κ3) is 2.12. The molecule has 0 spiro atoms. The first kappa shape index (κ1) is 11.2. The van der Waals surface area contributed by atoms with Gasteiger partial charge < -0.3 is 14.4 Å². The molecular weight excluding hydrogens is 182 g/mol. The maximum atomic E-state index is 10.7. The van der Waals surface area contributed by atoms with E-state index in [4.69, 9.17) is 4.74 Å². The maximum absolute atomic E-state index is 10.7. The van der Waals surface area contributed by atoms with Gasteiger partial charge in [0, 0.05) is 19.6 Å². The maximum Gasteiger partial charge on any atom is 0.210 e. The number of carbonyl (C=O) groups excluding carboxylic acids is 2. The summed E-state index contributed by atoms with van der Waals surface area (Å²) in [4.78, 5) is 23.1. The Labute approximate surface area is 84.2 Å². The van der Waals surface area contributed by atoms with E-state index in [-0.39, 0.29) is 18.1 Å². The minimum absolute atomic E-state index is 0.0673. The molecular formula is C10H17NO3. The Kier molecular flexibility index (Phi) is 4.07. The van der Waals surface area contributed by atoms with Gasteiger partial charge in [-0.05, 0) is 12.8 Å². The van der Waals surface area contributed by atoms with Crippen molar-refractivity contribution in [1.29, 1.82) is 0 Å². The van der Waals surface area contributed by atoms with Crippen LogP contribution in [0.2, 0.25) is 0 Å². The second-order valence-corrected chi connectivity index (χ2v) is 3.75. The lowest BCUT2D eigenvalue weighted by Gasteiger charge is -2.30. The van der Waals surface area contributed by atoms with E-state index >= 15 is 0 Å². The monoisotopic (exact) mass is 199 g/mol. The van der Waals surface area contributed by atoms with Crippen LogP contribution in [0.3, 0.4) is 0 Å². The Hall–Kier alpha value is -0.900. The van der Waals surface area contributed by atoms with Crippen LogP contribution in [-0.4, -0.2) is 43.4 Å². The lowest BCUT2D eigenvalue weighted by Crippen LogP contribution is -2.43. The largest absolute Gasteiger partial charge is 0.379 e. The molecule has 1 aliphatic heterocycles. The lowest BCUT2D eigenvalue weighted by molar-refractivity contribution is -0.125. The smallest absolute Gasteiger partial charge is 0.210 e. The van der Waals surface area contributed by atoms with Crippen LogP contribution in [0.5, 0.6) is 0 Å². The molecule has 1 saturated heterocycles. The third-order valence-corrected chi connectivity index (χ3v) is 2.86. The Balaban J connectivity index is 2.67. The fourth-order valence-electron chi connectivity index (χ4n) is 2.10. The molecule has 80 valence electrons. The van der Waals surface area contributed by atoms with Crippen LogP contribution < -0.4 is 0 Å². The van der Waals surface area contributed by atoms with Crippen LogP contribution >= 0.6 is 0 Å². The molecule has 0 N–H and O–H groups in total. The van der Waals surface area contributed by atoms with Crippen LogP contribution in [0.4, 0.5) is 0 Å². The summed E-state index contributed by atoms with van der Waals surface area (Å²) in [6, 6.07) is 0.0673. The molecule has 0 aromatic rings. The number of amides is 1. The quantitative estimate of drug-likeness (QED) is 0.604. The van der Waals surface area contributed by atoms with Crippen molar-refractivity contribution in [2.24, 2.45) is 5.92 Å². The third-order valence-electron chi connectivity index (χ3n) is 2.86. The van der Waals surface area contributed by atoms with E-state index in [1.165, 1.54) is 0 Å². The molecule has 4 heteroatoms. The van der Waals surface area contributed by atoms with Crippen molar-refractivity contribution in [3.63, 3.8) is 0 Å². The van der Waals surface area contributed by atoms with Gasteiger partial charge in [-0.15, -0.1) is 0 Å². The molecule has 0 radical (unpaired) electrons. The molecule has 0 bridgehead atoms. The van der Waals surface area contributed by atoms with Crippen molar-refractivity contribution in [3.05, 3.63) is 0 Å². The summed E-state index contributed by atoms with van der Waals surface area (Å²) < 4.78 is 5.29. The Bertz CT molecular complexity index is 208. The molecule has 3 atom stereocenters. The fourth-order valence-corrected chi connectivity index (χ4v) is 2.10. The summed E-state index contributed by atoms with van der Waals surface area (Å²) >= 11 is 0. The number of methoxy groups -OCH3 is 1. The molecule has 0 aromatic heterocycles. The number of rotatable bonds is 5. The molecule has 0 saturated carbocycles. The minimum atomic E-state index is -0.166. The highest BCUT2D eigenvalue weighted by atomic mass is 16.5. The first-order valence-corrected chi connectivity index (χ1v) is 4.93. The van der Waals surface area contributed by atoms with Crippen LogP contribution in [0, 0.1) is 5.92 Å². The Morgan fingerprint density at radius 2 is 2.21 bits per heavy atom. The molecule has 1 fully saturated rings. The van der Waals surface area contributed by atoms with Gasteiger partial charge in [0.2, 0.25) is 6.41 Å². The van der Waals surface area contributed by atoms with E-state index in [2.05, 4.69) is 0 Å². The summed E-state index contributed by atoms with van der Waals surface area (Å²) in [5, 5.41) is 0. The zero-order valence-corrected chi connectivity index (χ0v) is 8.68. The van der Waals surface area contributed by atoms with Gasteiger partial charge in [0.1, 0.15) is 6.29 Å². The molecule has 1 heterocycles. The molecule has 0 aromatic carbocycles. The first-order chi connectivity index (χ1) is 6.74. The van der Waals surface area contributed by atoms with E-state index in [0.29, 0.717) is 0 Å². The topological polar surface area (TPSA) is 46.6 Å². The van der Waals surface area contributed by atoms with Gasteiger partial charge in [-0.25, -0.2) is 0 Å². The van der Waals surface area contributed by atoms with Crippen molar-refractivity contribution in [2.75, 3.05) is 13.7 Å². The van der Waals surface area contributed by atoms with Gasteiger partial charge in [-0.2, -0.15) is 0 Å². The number of likely N-dealkylation sites (tertiary alicyclic amines) is 1. The van der Waals surface area contributed by atoms with Crippen LogP contribution in [-0.2, 0) is 14.3 Å². The Morgan fingerprint density at radius 3 is 2.71 bits per heavy atom. The number of hydrogen-bond acceptors (Lipinski definition) is 3. The second-order valence-electron chi connectivity index (χ2n) is 3.75. The number of aldehydes is 1. The highest BCUT2D eigenvalue weighted by Gasteiger charge is 2.34. The van der Waals surface area contributed by atoms with E-state index in [9.17, 15) is 9.59 Å². The van der Waals surface area contributed by atoms with Gasteiger partial charge in [-0.1, -0.05) is 6.92 Å². The van der Waals surface area contributed by atoms with Crippen molar-refractivity contribution in [1.82, 2.24) is 4.90 Å². The number of nitrogens with zero attached hydrogens (tertiary/aromatic N) is 1. The SMILES string of the molecule is CO[C@H]([C@@H](C)C=O)[C@@H]1CCCN1C=O. The molecule has 1 aliphatic rings. The summed E-state index contributed by atoms with van der Waals surface area (Å²) in [5.74, 6) is -0.162. The van der Waals surface area contributed by atoms with Crippen molar-refractivity contribution in [3.8, 4) is 0 Å². The minimum Gasteiger partial charge on any atom is -0.379 e. The van der Waals surface area contributed by atoms with Gasteiger partial charge in [0.25, 0.3) is 0 Å². The molecule has 4 nitrogen and oxygen atoms in total. The van der Waals surface area contributed by atoms with Gasteiger partial charge >= 0.3 is 0 Å². The normalized spacial score (nSPS) is 25.9. The number of hydrogen-bond donors (Lipinski definition) is 0. The number of ether oxygens (including phenoxy) is 1. The summed E-state index contributed by atoms with van der Waals surface area (Å²) in [7, 11) is 1.59. The van der Waals surface area contributed by atoms with Gasteiger partial charge in [-0.3, -0.25) is 4.79 Å². The zero-order chi connectivity index (χ0) is 10.6. The highest BCUT2D eigenvalue weighted by Crippen LogP contribution is 2.23. The molecule has 0 aliphatic carbocycles. The zero-order valence-electron chi connectivity index (χ0n) is 8.68. The summed E-state index contributed by atoms with van der Waals surface area (Å²) in [5.41, 5.74) is 0.